The highest BCUT2D eigenvalue weighted by atomic mass is 19.4. The monoisotopic (exact) mass is 231 g/mol. The van der Waals surface area contributed by atoms with E-state index in [1.807, 2.05) is 0 Å². The zero-order valence-corrected chi connectivity index (χ0v) is 7.73. The van der Waals surface area contributed by atoms with Crippen LogP contribution in [0.1, 0.15) is 5.56 Å². The highest BCUT2D eigenvalue weighted by molar-refractivity contribution is 5.82. The minimum atomic E-state index is -4.70. The van der Waals surface area contributed by atoms with Crippen LogP contribution < -0.4 is 5.43 Å². The van der Waals surface area contributed by atoms with Gasteiger partial charge in [-0.3, -0.25) is 4.79 Å². The lowest BCUT2D eigenvalue weighted by atomic mass is 10.1. The molecule has 0 aliphatic rings. The van der Waals surface area contributed by atoms with Gasteiger partial charge in [-0.1, -0.05) is 0 Å². The second-order valence-corrected chi connectivity index (χ2v) is 3.22. The van der Waals surface area contributed by atoms with E-state index in [1.54, 1.807) is 0 Å². The van der Waals surface area contributed by atoms with E-state index in [2.05, 4.69) is 4.98 Å². The predicted octanol–water partition coefficient (Wildman–Crippen LogP) is 2.69. The van der Waals surface area contributed by atoms with Crippen molar-refractivity contribution in [3.05, 3.63) is 46.0 Å². The summed E-state index contributed by atoms with van der Waals surface area (Å²) in [6.45, 7) is 0. The maximum absolute atomic E-state index is 13.0. The van der Waals surface area contributed by atoms with Crippen LogP contribution in [0.5, 0.6) is 0 Å². The molecule has 0 amide bonds. The maximum atomic E-state index is 13.0. The Bertz CT molecular complexity index is 600. The first-order chi connectivity index (χ1) is 7.39. The van der Waals surface area contributed by atoms with Gasteiger partial charge in [-0.25, -0.2) is 4.39 Å². The lowest BCUT2D eigenvalue weighted by Gasteiger charge is -2.09. The molecule has 0 aliphatic carbocycles. The zero-order valence-electron chi connectivity index (χ0n) is 7.73. The van der Waals surface area contributed by atoms with Crippen LogP contribution in [0.15, 0.2) is 29.2 Å². The van der Waals surface area contributed by atoms with Gasteiger partial charge in [0.1, 0.15) is 5.82 Å². The maximum Gasteiger partial charge on any atom is 0.418 e. The Morgan fingerprint density at radius 1 is 1.19 bits per heavy atom. The number of pyridine rings is 1. The van der Waals surface area contributed by atoms with E-state index in [9.17, 15) is 22.4 Å². The van der Waals surface area contributed by atoms with Crippen LogP contribution in [0.4, 0.5) is 17.6 Å². The number of fused-ring (bicyclic) bond motifs is 1. The summed E-state index contributed by atoms with van der Waals surface area (Å²) in [7, 11) is 0. The summed E-state index contributed by atoms with van der Waals surface area (Å²) in [4.78, 5) is 13.6. The van der Waals surface area contributed by atoms with E-state index < -0.39 is 28.5 Å². The van der Waals surface area contributed by atoms with Gasteiger partial charge in [0.2, 0.25) is 0 Å². The largest absolute Gasteiger partial charge is 0.418 e. The molecule has 0 saturated heterocycles. The van der Waals surface area contributed by atoms with Gasteiger partial charge < -0.3 is 4.98 Å². The van der Waals surface area contributed by atoms with Crippen molar-refractivity contribution in [1.82, 2.24) is 4.98 Å². The van der Waals surface area contributed by atoms with Crippen molar-refractivity contribution in [2.75, 3.05) is 0 Å². The average molecular weight is 231 g/mol. The lowest BCUT2D eigenvalue weighted by molar-refractivity contribution is -0.136. The molecule has 0 unspecified atom stereocenters. The molecule has 2 rings (SSSR count). The van der Waals surface area contributed by atoms with E-state index >= 15 is 0 Å². The third kappa shape index (κ3) is 1.66. The Morgan fingerprint density at radius 2 is 1.88 bits per heavy atom. The minimum absolute atomic E-state index is 0.310. The molecule has 1 heterocycles. The van der Waals surface area contributed by atoms with Gasteiger partial charge in [-0.05, 0) is 12.1 Å². The summed E-state index contributed by atoms with van der Waals surface area (Å²) >= 11 is 0. The Hall–Kier alpha value is -1.85. The zero-order chi connectivity index (χ0) is 11.9. The second-order valence-electron chi connectivity index (χ2n) is 3.22. The van der Waals surface area contributed by atoms with Crippen molar-refractivity contribution in [2.45, 2.75) is 6.18 Å². The first-order valence-corrected chi connectivity index (χ1v) is 4.28. The van der Waals surface area contributed by atoms with Gasteiger partial charge in [0.25, 0.3) is 0 Å². The van der Waals surface area contributed by atoms with E-state index in [4.69, 9.17) is 0 Å². The summed E-state index contributed by atoms with van der Waals surface area (Å²) < 4.78 is 50.6. The molecule has 2 aromatic rings. The number of hydrogen-bond donors (Lipinski definition) is 1. The van der Waals surface area contributed by atoms with Crippen molar-refractivity contribution >= 4 is 10.9 Å². The van der Waals surface area contributed by atoms with E-state index in [1.165, 1.54) is 0 Å². The molecule has 0 bridgehead atoms. The normalized spacial score (nSPS) is 12.0. The Kier molecular flexibility index (Phi) is 2.22. The molecule has 16 heavy (non-hydrogen) atoms. The van der Waals surface area contributed by atoms with Crippen LogP contribution in [0, 0.1) is 5.82 Å². The molecule has 84 valence electrons. The van der Waals surface area contributed by atoms with Crippen molar-refractivity contribution in [3.63, 3.8) is 0 Å². The highest BCUT2D eigenvalue weighted by Crippen LogP contribution is 2.33. The van der Waals surface area contributed by atoms with Crippen LogP contribution in [-0.2, 0) is 6.18 Å². The van der Waals surface area contributed by atoms with Crippen molar-refractivity contribution < 1.29 is 17.6 Å². The fourth-order valence-electron chi connectivity index (χ4n) is 1.47. The van der Waals surface area contributed by atoms with Crippen LogP contribution in [0.25, 0.3) is 10.9 Å². The lowest BCUT2D eigenvalue weighted by Crippen LogP contribution is -2.10. The smallest absolute Gasteiger partial charge is 0.360 e. The molecule has 1 N–H and O–H groups in total. The summed E-state index contributed by atoms with van der Waals surface area (Å²) in [5.41, 5.74) is -2.24. The summed E-state index contributed by atoms with van der Waals surface area (Å²) in [5, 5.41) is -0.310. The third-order valence-electron chi connectivity index (χ3n) is 2.14. The predicted molar refractivity (Wildman–Crippen MR) is 49.5 cm³/mol. The van der Waals surface area contributed by atoms with Crippen LogP contribution in [0.3, 0.4) is 0 Å². The van der Waals surface area contributed by atoms with Gasteiger partial charge in [0.05, 0.1) is 11.1 Å². The Morgan fingerprint density at radius 3 is 2.50 bits per heavy atom. The first-order valence-electron chi connectivity index (χ1n) is 4.28. The molecular formula is C10H5F4NO. The second kappa shape index (κ2) is 3.33. The fourth-order valence-corrected chi connectivity index (χ4v) is 1.47. The highest BCUT2D eigenvalue weighted by Gasteiger charge is 2.33. The van der Waals surface area contributed by atoms with E-state index in [0.717, 1.165) is 18.3 Å². The minimum Gasteiger partial charge on any atom is -0.360 e. The number of halogens is 4. The summed E-state index contributed by atoms with van der Waals surface area (Å²) in [6, 6.07) is 2.18. The number of benzene rings is 1. The Balaban J connectivity index is 2.95. The SMILES string of the molecule is O=c1cc[nH]c2c(C(F)(F)F)cc(F)cc12. The first kappa shape index (κ1) is 10.7. The standard InChI is InChI=1S/C10H5F4NO/c11-5-3-6-8(16)1-2-15-9(6)7(4-5)10(12,13)14/h1-4H,(H,15,16). The molecule has 1 aromatic carbocycles. The number of aromatic nitrogens is 1. The molecular weight excluding hydrogens is 226 g/mol. The van der Waals surface area contributed by atoms with Gasteiger partial charge in [0, 0.05) is 17.6 Å². The van der Waals surface area contributed by atoms with Gasteiger partial charge >= 0.3 is 6.18 Å². The summed E-state index contributed by atoms with van der Waals surface area (Å²) in [6.07, 6.45) is -3.61. The number of rotatable bonds is 0. The van der Waals surface area contributed by atoms with Crippen molar-refractivity contribution in [2.24, 2.45) is 0 Å². The van der Waals surface area contributed by atoms with Crippen molar-refractivity contribution in [1.29, 1.82) is 0 Å². The van der Waals surface area contributed by atoms with Gasteiger partial charge in [0.15, 0.2) is 5.43 Å². The van der Waals surface area contributed by atoms with Crippen LogP contribution in [-0.4, -0.2) is 4.98 Å². The quantitative estimate of drug-likeness (QED) is 0.694. The van der Waals surface area contributed by atoms with Crippen LogP contribution in [0.2, 0.25) is 0 Å². The van der Waals surface area contributed by atoms with Crippen molar-refractivity contribution in [3.8, 4) is 0 Å². The molecule has 0 spiro atoms. The molecule has 1 aromatic heterocycles. The molecule has 0 atom stereocenters. The molecule has 6 heteroatoms. The molecule has 0 fully saturated rings. The number of nitrogens with one attached hydrogen (secondary N) is 1. The summed E-state index contributed by atoms with van der Waals surface area (Å²) in [5.74, 6) is -1.09. The molecule has 0 radical (unpaired) electrons. The van der Waals surface area contributed by atoms with E-state index in [-0.39, 0.29) is 5.39 Å². The number of hydrogen-bond acceptors (Lipinski definition) is 1. The molecule has 0 aliphatic heterocycles. The van der Waals surface area contributed by atoms with E-state index in [0.29, 0.717) is 6.07 Å². The van der Waals surface area contributed by atoms with Gasteiger partial charge in [-0.15, -0.1) is 0 Å². The van der Waals surface area contributed by atoms with Gasteiger partial charge in [-0.2, -0.15) is 13.2 Å². The topological polar surface area (TPSA) is 32.9 Å². The number of aromatic amines is 1. The average Bonchev–Trinajstić information content (AvgIpc) is 2.17. The fraction of sp³-hybridized carbons (Fsp3) is 0.100. The molecule has 2 nitrogen and oxygen atoms in total. The number of H-pyrrole nitrogens is 1. The number of alkyl halides is 3. The third-order valence-corrected chi connectivity index (χ3v) is 2.14. The molecule has 0 saturated carbocycles. The van der Waals surface area contributed by atoms with Crippen LogP contribution >= 0.6 is 0 Å². The Labute approximate surface area is 86.5 Å².